The molecule has 3 aromatic rings. The van der Waals surface area contributed by atoms with E-state index in [0.717, 1.165) is 37.9 Å². The van der Waals surface area contributed by atoms with Gasteiger partial charge in [0, 0.05) is 44.1 Å². The lowest BCUT2D eigenvalue weighted by Gasteiger charge is -2.32. The highest BCUT2D eigenvalue weighted by molar-refractivity contribution is 5.99. The summed E-state index contributed by atoms with van der Waals surface area (Å²) in [6.45, 7) is 8.15. The molecule has 0 spiro atoms. The minimum atomic E-state index is -0.705. The van der Waals surface area contributed by atoms with E-state index in [1.165, 1.54) is 19.4 Å². The summed E-state index contributed by atoms with van der Waals surface area (Å²) in [6.07, 6.45) is 8.90. The van der Waals surface area contributed by atoms with Crippen LogP contribution in [0.25, 0.3) is 0 Å². The number of ether oxygens (including phenoxy) is 1. The van der Waals surface area contributed by atoms with Crippen molar-refractivity contribution in [2.24, 2.45) is 5.73 Å². The number of nitrogens with one attached hydrogen (secondary N) is 2. The van der Waals surface area contributed by atoms with Crippen LogP contribution in [-0.4, -0.2) is 80.6 Å². The summed E-state index contributed by atoms with van der Waals surface area (Å²) in [5.74, 6) is -0.0299. The number of aryl methyl sites for hydroxylation is 1. The number of nitrogens with two attached hydrogens (primary N) is 1. The average molecular weight is 560 g/mol. The van der Waals surface area contributed by atoms with E-state index in [-0.39, 0.29) is 35.2 Å². The molecule has 1 aromatic carbocycles. The third kappa shape index (κ3) is 5.83. The Morgan fingerprint density at radius 3 is 2.59 bits per heavy atom. The van der Waals surface area contributed by atoms with Gasteiger partial charge < -0.3 is 30.9 Å². The van der Waals surface area contributed by atoms with Gasteiger partial charge in [-0.25, -0.2) is 4.98 Å². The Balaban J connectivity index is 1.37. The Hall–Kier alpha value is -4.94. The van der Waals surface area contributed by atoms with Gasteiger partial charge in [0.25, 0.3) is 11.8 Å². The lowest BCUT2D eigenvalue weighted by Crippen LogP contribution is -2.42. The maximum atomic E-state index is 12.8. The molecule has 2 aliphatic heterocycles. The van der Waals surface area contributed by atoms with Crippen molar-refractivity contribution in [1.29, 1.82) is 0 Å². The van der Waals surface area contributed by atoms with Crippen molar-refractivity contribution in [1.82, 2.24) is 29.5 Å². The zero-order valence-corrected chi connectivity index (χ0v) is 23.1. The first kappa shape index (κ1) is 27.6. The van der Waals surface area contributed by atoms with Crippen LogP contribution in [0.5, 0.6) is 5.75 Å². The number of nitrogens with zero attached hydrogens (tertiary/aromatic N) is 6. The highest BCUT2D eigenvalue weighted by Gasteiger charge is 2.25. The van der Waals surface area contributed by atoms with E-state index in [0.29, 0.717) is 35.8 Å². The largest absolute Gasteiger partial charge is 0.495 e. The van der Waals surface area contributed by atoms with Gasteiger partial charge in [0.05, 0.1) is 30.7 Å². The molecule has 2 aromatic heterocycles. The minimum absolute atomic E-state index is 0.0324. The summed E-state index contributed by atoms with van der Waals surface area (Å²) < 4.78 is 7.41. The standard InChI is InChI=1S/C28H33N9O4/c1-4-23(38)36-8-5-7-20(16-36)37-15-19(13-31-37)32-28-30-14-21(25(29)39)26(34-28)33-24-17(2)11-18(12-22(24)41-3)27(40)35-9-6-10-35/h4,11-15,20H,1,5-10,16H2,2-3H3,(H2,29,39)(H2,30,32,33,34)/t20-/m1/s1. The zero-order valence-electron chi connectivity index (χ0n) is 23.1. The van der Waals surface area contributed by atoms with E-state index in [2.05, 4.69) is 32.3 Å². The molecule has 41 heavy (non-hydrogen) atoms. The molecule has 214 valence electrons. The van der Waals surface area contributed by atoms with E-state index < -0.39 is 5.91 Å². The van der Waals surface area contributed by atoms with E-state index in [4.69, 9.17) is 10.5 Å². The molecule has 3 amide bonds. The van der Waals surface area contributed by atoms with Crippen molar-refractivity contribution in [3.05, 3.63) is 60.1 Å². The number of methoxy groups -OCH3 is 1. The third-order valence-corrected chi connectivity index (χ3v) is 7.32. The number of primary amides is 1. The van der Waals surface area contributed by atoms with Crippen LogP contribution < -0.4 is 21.1 Å². The predicted octanol–water partition coefficient (Wildman–Crippen LogP) is 2.77. The fourth-order valence-corrected chi connectivity index (χ4v) is 4.97. The van der Waals surface area contributed by atoms with Crippen molar-refractivity contribution in [2.45, 2.75) is 32.2 Å². The maximum absolute atomic E-state index is 12.8. The van der Waals surface area contributed by atoms with E-state index >= 15 is 0 Å². The van der Waals surface area contributed by atoms with E-state index in [9.17, 15) is 14.4 Å². The number of rotatable bonds is 9. The molecule has 0 saturated carbocycles. The molecular formula is C28H33N9O4. The van der Waals surface area contributed by atoms with Gasteiger partial charge in [-0.3, -0.25) is 19.1 Å². The molecule has 0 radical (unpaired) electrons. The summed E-state index contributed by atoms with van der Waals surface area (Å²) in [5.41, 5.74) is 8.14. The Labute approximate surface area is 237 Å². The SMILES string of the molecule is C=CC(=O)N1CCC[C@@H](n2cc(Nc3ncc(C(N)=O)c(Nc4c(C)cc(C(=O)N5CCC5)cc4OC)n3)cn2)C1. The molecule has 0 bridgehead atoms. The normalized spacial score (nSPS) is 16.5. The minimum Gasteiger partial charge on any atom is -0.495 e. The predicted molar refractivity (Wildman–Crippen MR) is 153 cm³/mol. The maximum Gasteiger partial charge on any atom is 0.254 e. The molecule has 0 unspecified atom stereocenters. The molecule has 2 saturated heterocycles. The lowest BCUT2D eigenvalue weighted by molar-refractivity contribution is -0.127. The molecule has 2 aliphatic rings. The van der Waals surface area contributed by atoms with Gasteiger partial charge in [0.2, 0.25) is 11.9 Å². The molecule has 2 fully saturated rings. The number of carbonyl (C=O) groups excluding carboxylic acids is 3. The van der Waals surface area contributed by atoms with E-state index in [1.54, 1.807) is 28.1 Å². The molecule has 13 nitrogen and oxygen atoms in total. The number of piperidine rings is 1. The van der Waals surface area contributed by atoms with Crippen molar-refractivity contribution in [3.8, 4) is 5.75 Å². The summed E-state index contributed by atoms with van der Waals surface area (Å²) in [5, 5.41) is 10.7. The summed E-state index contributed by atoms with van der Waals surface area (Å²) in [7, 11) is 1.51. The Morgan fingerprint density at radius 1 is 1.12 bits per heavy atom. The van der Waals surface area contributed by atoms with Gasteiger partial charge in [0.15, 0.2) is 0 Å². The van der Waals surface area contributed by atoms with Gasteiger partial charge in [-0.2, -0.15) is 10.1 Å². The lowest BCUT2D eigenvalue weighted by atomic mass is 10.1. The number of hydrogen-bond acceptors (Lipinski definition) is 9. The molecule has 5 rings (SSSR count). The van der Waals surface area contributed by atoms with Crippen LogP contribution in [0, 0.1) is 6.92 Å². The number of hydrogen-bond donors (Lipinski definition) is 3. The van der Waals surface area contributed by atoms with Gasteiger partial charge in [-0.15, -0.1) is 0 Å². The smallest absolute Gasteiger partial charge is 0.254 e. The molecule has 0 aliphatic carbocycles. The van der Waals surface area contributed by atoms with E-state index in [1.807, 2.05) is 17.8 Å². The number of aromatic nitrogens is 4. The van der Waals surface area contributed by atoms with Crippen LogP contribution in [0.2, 0.25) is 0 Å². The zero-order chi connectivity index (χ0) is 29.1. The van der Waals surface area contributed by atoms with Crippen LogP contribution >= 0.6 is 0 Å². The second-order valence-electron chi connectivity index (χ2n) is 10.1. The molecular weight excluding hydrogens is 526 g/mol. The van der Waals surface area contributed by atoms with Gasteiger partial charge >= 0.3 is 0 Å². The fraction of sp³-hybridized carbons (Fsp3) is 0.357. The number of carbonyl (C=O) groups is 3. The highest BCUT2D eigenvalue weighted by Crippen LogP contribution is 2.34. The summed E-state index contributed by atoms with van der Waals surface area (Å²) >= 11 is 0. The van der Waals surface area contributed by atoms with Crippen LogP contribution in [0.4, 0.5) is 23.1 Å². The van der Waals surface area contributed by atoms with Gasteiger partial charge in [-0.1, -0.05) is 6.58 Å². The Bertz CT molecular complexity index is 1500. The first-order valence-electron chi connectivity index (χ1n) is 13.4. The molecule has 4 N–H and O–H groups in total. The quantitative estimate of drug-likeness (QED) is 0.335. The first-order chi connectivity index (χ1) is 19.8. The topological polar surface area (TPSA) is 161 Å². The second-order valence-corrected chi connectivity index (χ2v) is 10.1. The number of likely N-dealkylation sites (tertiary alicyclic amines) is 2. The molecule has 13 heteroatoms. The van der Waals surface area contributed by atoms with Gasteiger partial charge in [-0.05, 0) is 50.0 Å². The van der Waals surface area contributed by atoms with Crippen molar-refractivity contribution in [2.75, 3.05) is 43.9 Å². The molecule has 1 atom stereocenters. The Morgan fingerprint density at radius 2 is 1.90 bits per heavy atom. The number of benzene rings is 1. The summed E-state index contributed by atoms with van der Waals surface area (Å²) in [4.78, 5) is 49.4. The monoisotopic (exact) mass is 559 g/mol. The van der Waals surface area contributed by atoms with Crippen LogP contribution in [0.3, 0.4) is 0 Å². The third-order valence-electron chi connectivity index (χ3n) is 7.32. The van der Waals surface area contributed by atoms with Crippen LogP contribution in [-0.2, 0) is 4.79 Å². The Kier molecular flexibility index (Phi) is 7.86. The van der Waals surface area contributed by atoms with Crippen molar-refractivity contribution in [3.63, 3.8) is 0 Å². The summed E-state index contributed by atoms with van der Waals surface area (Å²) in [6, 6.07) is 3.48. The van der Waals surface area contributed by atoms with Crippen LogP contribution in [0.15, 0.2) is 43.4 Å². The van der Waals surface area contributed by atoms with Crippen molar-refractivity contribution < 1.29 is 19.1 Å². The number of anilines is 4. The fourth-order valence-electron chi connectivity index (χ4n) is 4.97. The second kappa shape index (κ2) is 11.7. The number of amides is 3. The first-order valence-corrected chi connectivity index (χ1v) is 13.4. The average Bonchev–Trinajstić information content (AvgIpc) is 3.41. The van der Waals surface area contributed by atoms with Crippen LogP contribution in [0.1, 0.15) is 51.6 Å². The van der Waals surface area contributed by atoms with Gasteiger partial charge in [0.1, 0.15) is 17.1 Å². The molecule has 4 heterocycles. The highest BCUT2D eigenvalue weighted by atomic mass is 16.5. The van der Waals surface area contributed by atoms with Crippen molar-refractivity contribution >= 4 is 40.9 Å².